The highest BCUT2D eigenvalue weighted by Gasteiger charge is 2.19. The van der Waals surface area contributed by atoms with Gasteiger partial charge in [0.15, 0.2) is 0 Å². The highest BCUT2D eigenvalue weighted by Crippen LogP contribution is 2.07. The lowest BCUT2D eigenvalue weighted by Gasteiger charge is -2.22. The lowest BCUT2D eigenvalue weighted by molar-refractivity contribution is -0.123. The van der Waals surface area contributed by atoms with Crippen molar-refractivity contribution < 1.29 is 4.79 Å². The normalized spacial score (nSPS) is 19.2. The van der Waals surface area contributed by atoms with E-state index < -0.39 is 0 Å². The maximum Gasteiger partial charge on any atom is 0.237 e. The second-order valence-corrected chi connectivity index (χ2v) is 4.08. The number of rotatable bonds is 3. The third-order valence-electron chi connectivity index (χ3n) is 2.84. The second-order valence-electron chi connectivity index (χ2n) is 4.08. The first-order valence-corrected chi connectivity index (χ1v) is 5.76. The minimum absolute atomic E-state index is 0. The number of carbonyl (C=O) groups excluding carboxylic acids is 1. The summed E-state index contributed by atoms with van der Waals surface area (Å²) in [7, 11) is 0. The summed E-state index contributed by atoms with van der Waals surface area (Å²) in [4.78, 5) is 15.7. The van der Waals surface area contributed by atoms with Gasteiger partial charge in [-0.05, 0) is 37.1 Å². The smallest absolute Gasteiger partial charge is 0.237 e. The monoisotopic (exact) mass is 255 g/mol. The van der Waals surface area contributed by atoms with Crippen LogP contribution in [0.25, 0.3) is 0 Å². The fourth-order valence-electron chi connectivity index (χ4n) is 1.89. The molecule has 2 rings (SSSR count). The number of amides is 1. The third-order valence-corrected chi connectivity index (χ3v) is 2.84. The van der Waals surface area contributed by atoms with Crippen LogP contribution >= 0.6 is 12.4 Å². The highest BCUT2D eigenvalue weighted by molar-refractivity contribution is 5.85. The zero-order valence-corrected chi connectivity index (χ0v) is 10.5. The third kappa shape index (κ3) is 4.32. The number of halogens is 1. The van der Waals surface area contributed by atoms with Crippen LogP contribution in [0.3, 0.4) is 0 Å². The molecule has 5 heteroatoms. The summed E-state index contributed by atoms with van der Waals surface area (Å²) in [6.45, 7) is 1.53. The fraction of sp³-hybridized carbons (Fsp3) is 0.500. The molecule has 94 valence electrons. The van der Waals surface area contributed by atoms with E-state index in [0.29, 0.717) is 6.54 Å². The van der Waals surface area contributed by atoms with Gasteiger partial charge in [0.05, 0.1) is 6.04 Å². The average Bonchev–Trinajstić information content (AvgIpc) is 2.38. The maximum absolute atomic E-state index is 11.8. The van der Waals surface area contributed by atoms with Gasteiger partial charge >= 0.3 is 0 Å². The number of nitrogens with one attached hydrogen (secondary N) is 2. The van der Waals surface area contributed by atoms with Crippen LogP contribution in [-0.2, 0) is 11.3 Å². The Morgan fingerprint density at radius 1 is 1.41 bits per heavy atom. The molecule has 1 saturated heterocycles. The number of hydrogen-bond donors (Lipinski definition) is 2. The molecule has 0 radical (unpaired) electrons. The van der Waals surface area contributed by atoms with Crippen molar-refractivity contribution in [2.45, 2.75) is 31.8 Å². The Morgan fingerprint density at radius 2 is 2.18 bits per heavy atom. The minimum Gasteiger partial charge on any atom is -0.351 e. The first kappa shape index (κ1) is 13.9. The molecule has 0 spiro atoms. The molecular weight excluding hydrogens is 238 g/mol. The molecule has 0 aliphatic carbocycles. The van der Waals surface area contributed by atoms with Crippen LogP contribution in [-0.4, -0.2) is 23.5 Å². The van der Waals surface area contributed by atoms with E-state index in [1.807, 2.05) is 12.1 Å². The zero-order valence-electron chi connectivity index (χ0n) is 9.69. The molecular formula is C12H18ClN3O. The Balaban J connectivity index is 0.00000144. The van der Waals surface area contributed by atoms with Crippen LogP contribution in [0.1, 0.15) is 24.8 Å². The van der Waals surface area contributed by atoms with Gasteiger partial charge in [-0.2, -0.15) is 0 Å². The van der Waals surface area contributed by atoms with Crippen molar-refractivity contribution in [2.24, 2.45) is 0 Å². The Morgan fingerprint density at radius 3 is 2.82 bits per heavy atom. The van der Waals surface area contributed by atoms with Gasteiger partial charge in [0.25, 0.3) is 0 Å². The van der Waals surface area contributed by atoms with Crippen molar-refractivity contribution >= 4 is 18.3 Å². The molecule has 1 atom stereocenters. The number of piperidine rings is 1. The topological polar surface area (TPSA) is 54.0 Å². The van der Waals surface area contributed by atoms with Gasteiger partial charge in [0, 0.05) is 18.9 Å². The summed E-state index contributed by atoms with van der Waals surface area (Å²) in [5.74, 6) is 0.108. The number of aromatic nitrogens is 1. The molecule has 1 unspecified atom stereocenters. The SMILES string of the molecule is Cl.O=C(NCc1ccncc1)C1CCCCN1. The molecule has 1 amide bonds. The molecule has 1 aliphatic heterocycles. The van der Waals surface area contributed by atoms with E-state index in [9.17, 15) is 4.79 Å². The maximum atomic E-state index is 11.8. The van der Waals surface area contributed by atoms with Gasteiger partial charge < -0.3 is 10.6 Å². The molecule has 2 heterocycles. The molecule has 1 aromatic rings. The number of pyridine rings is 1. The number of nitrogens with zero attached hydrogens (tertiary/aromatic N) is 1. The van der Waals surface area contributed by atoms with Crippen LogP contribution in [0.15, 0.2) is 24.5 Å². The predicted octanol–water partition coefficient (Wildman–Crippen LogP) is 1.26. The molecule has 0 saturated carbocycles. The van der Waals surface area contributed by atoms with E-state index in [0.717, 1.165) is 24.9 Å². The van der Waals surface area contributed by atoms with E-state index in [2.05, 4.69) is 15.6 Å². The summed E-state index contributed by atoms with van der Waals surface area (Å²) in [6, 6.07) is 3.82. The average molecular weight is 256 g/mol. The molecule has 1 aromatic heterocycles. The minimum atomic E-state index is -0.00409. The van der Waals surface area contributed by atoms with Crippen molar-refractivity contribution in [3.05, 3.63) is 30.1 Å². The molecule has 0 bridgehead atoms. The Bertz CT molecular complexity index is 339. The van der Waals surface area contributed by atoms with E-state index in [1.165, 1.54) is 6.42 Å². The van der Waals surface area contributed by atoms with Gasteiger partial charge in [-0.1, -0.05) is 6.42 Å². The zero-order chi connectivity index (χ0) is 11.2. The summed E-state index contributed by atoms with van der Waals surface area (Å²) < 4.78 is 0. The number of carbonyl (C=O) groups is 1. The lowest BCUT2D eigenvalue weighted by atomic mass is 10.0. The quantitative estimate of drug-likeness (QED) is 0.855. The largest absolute Gasteiger partial charge is 0.351 e. The molecule has 1 aliphatic rings. The molecule has 17 heavy (non-hydrogen) atoms. The lowest BCUT2D eigenvalue weighted by Crippen LogP contribution is -2.46. The first-order valence-electron chi connectivity index (χ1n) is 5.76. The van der Waals surface area contributed by atoms with Crippen LogP contribution in [0.2, 0.25) is 0 Å². The number of hydrogen-bond acceptors (Lipinski definition) is 3. The summed E-state index contributed by atoms with van der Waals surface area (Å²) >= 11 is 0. The van der Waals surface area contributed by atoms with E-state index >= 15 is 0 Å². The molecule has 0 aromatic carbocycles. The van der Waals surface area contributed by atoms with Gasteiger partial charge in [-0.3, -0.25) is 9.78 Å². The van der Waals surface area contributed by atoms with Crippen molar-refractivity contribution in [3.8, 4) is 0 Å². The van der Waals surface area contributed by atoms with E-state index in [-0.39, 0.29) is 24.4 Å². The van der Waals surface area contributed by atoms with Gasteiger partial charge in [-0.25, -0.2) is 0 Å². The van der Waals surface area contributed by atoms with Crippen LogP contribution < -0.4 is 10.6 Å². The van der Waals surface area contributed by atoms with Crippen molar-refractivity contribution in [1.29, 1.82) is 0 Å². The predicted molar refractivity (Wildman–Crippen MR) is 69.0 cm³/mol. The van der Waals surface area contributed by atoms with E-state index in [1.54, 1.807) is 12.4 Å². The van der Waals surface area contributed by atoms with Crippen molar-refractivity contribution in [2.75, 3.05) is 6.54 Å². The standard InChI is InChI=1S/C12H17N3O.ClH/c16-12(11-3-1-2-6-14-11)15-9-10-4-7-13-8-5-10;/h4-5,7-8,11,14H,1-3,6,9H2,(H,15,16);1H. The molecule has 2 N–H and O–H groups in total. The van der Waals surface area contributed by atoms with Crippen LogP contribution in [0, 0.1) is 0 Å². The van der Waals surface area contributed by atoms with Crippen molar-refractivity contribution in [3.63, 3.8) is 0 Å². The van der Waals surface area contributed by atoms with Gasteiger partial charge in [0.1, 0.15) is 0 Å². The molecule has 1 fully saturated rings. The summed E-state index contributed by atoms with van der Waals surface area (Å²) in [5.41, 5.74) is 1.08. The van der Waals surface area contributed by atoms with Crippen molar-refractivity contribution in [1.82, 2.24) is 15.6 Å². The summed E-state index contributed by atoms with van der Waals surface area (Å²) in [5, 5.41) is 6.17. The Hall–Kier alpha value is -1.13. The summed E-state index contributed by atoms with van der Waals surface area (Å²) in [6.07, 6.45) is 6.73. The first-order chi connectivity index (χ1) is 7.86. The van der Waals surface area contributed by atoms with Crippen LogP contribution in [0.4, 0.5) is 0 Å². The molecule has 4 nitrogen and oxygen atoms in total. The van der Waals surface area contributed by atoms with Gasteiger partial charge in [-0.15, -0.1) is 12.4 Å². The highest BCUT2D eigenvalue weighted by atomic mass is 35.5. The van der Waals surface area contributed by atoms with E-state index in [4.69, 9.17) is 0 Å². The van der Waals surface area contributed by atoms with Crippen LogP contribution in [0.5, 0.6) is 0 Å². The Labute approximate surface area is 108 Å². The Kier molecular flexibility index (Phi) is 5.94. The fourth-order valence-corrected chi connectivity index (χ4v) is 1.89. The van der Waals surface area contributed by atoms with Gasteiger partial charge in [0.2, 0.25) is 5.91 Å². The second kappa shape index (κ2) is 7.25.